The van der Waals surface area contributed by atoms with E-state index in [-0.39, 0.29) is 12.5 Å². The molecule has 7 nitrogen and oxygen atoms in total. The van der Waals surface area contributed by atoms with E-state index in [2.05, 4.69) is 21.2 Å². The predicted molar refractivity (Wildman–Crippen MR) is 126 cm³/mol. The third-order valence-corrected chi connectivity index (χ3v) is 6.65. The molecule has 2 aromatic carbocycles. The molecule has 0 aliphatic rings. The second-order valence-corrected chi connectivity index (χ2v) is 10.2. The van der Waals surface area contributed by atoms with Gasteiger partial charge in [-0.05, 0) is 49.7 Å². The Hall–Kier alpha value is -2.10. The highest BCUT2D eigenvalue weighted by molar-refractivity contribution is 9.10. The number of hydrogen-bond acceptors (Lipinski definition) is 4. The quantitative estimate of drug-likeness (QED) is 0.538. The summed E-state index contributed by atoms with van der Waals surface area (Å²) in [5.41, 5.74) is 1.01. The van der Waals surface area contributed by atoms with Crippen molar-refractivity contribution >= 4 is 55.1 Å². The van der Waals surface area contributed by atoms with Crippen molar-refractivity contribution < 1.29 is 18.0 Å². The number of likely N-dealkylation sites (N-methyl/N-ethyl adjacent to an activating group) is 1. The number of anilines is 1. The molecule has 0 unspecified atom stereocenters. The Morgan fingerprint density at radius 1 is 1.13 bits per heavy atom. The number of nitrogens with zero attached hydrogens (tertiary/aromatic N) is 2. The van der Waals surface area contributed by atoms with Gasteiger partial charge in [0.05, 0.1) is 11.9 Å². The van der Waals surface area contributed by atoms with E-state index in [9.17, 15) is 18.0 Å². The average molecular weight is 531 g/mol. The Morgan fingerprint density at radius 2 is 1.74 bits per heavy atom. The molecule has 0 saturated carbocycles. The molecule has 1 atom stereocenters. The third-order valence-electron chi connectivity index (χ3n) is 4.61. The number of benzene rings is 2. The van der Waals surface area contributed by atoms with E-state index in [0.717, 1.165) is 15.0 Å². The lowest BCUT2D eigenvalue weighted by Gasteiger charge is -2.31. The summed E-state index contributed by atoms with van der Waals surface area (Å²) < 4.78 is 26.7. The number of nitrogens with one attached hydrogen (secondary N) is 1. The highest BCUT2D eigenvalue weighted by Crippen LogP contribution is 2.23. The normalized spacial score (nSPS) is 12.2. The van der Waals surface area contributed by atoms with Crippen LogP contribution in [0.15, 0.2) is 53.0 Å². The Labute approximate surface area is 196 Å². The largest absolute Gasteiger partial charge is 0.355 e. The maximum Gasteiger partial charge on any atom is 0.244 e. The lowest BCUT2D eigenvalue weighted by Crippen LogP contribution is -2.51. The topological polar surface area (TPSA) is 86.8 Å². The molecule has 1 N–H and O–H groups in total. The summed E-state index contributed by atoms with van der Waals surface area (Å²) in [6.07, 6.45) is 1.04. The molecule has 0 aromatic heterocycles. The zero-order valence-electron chi connectivity index (χ0n) is 17.5. The van der Waals surface area contributed by atoms with Crippen LogP contribution in [-0.2, 0) is 26.2 Å². The summed E-state index contributed by atoms with van der Waals surface area (Å²) in [5.74, 6) is -0.857. The molecule has 0 aliphatic heterocycles. The lowest BCUT2D eigenvalue weighted by molar-refractivity contribution is -0.139. The number of amides is 2. The summed E-state index contributed by atoms with van der Waals surface area (Å²) in [6, 6.07) is 12.8. The van der Waals surface area contributed by atoms with Crippen LogP contribution in [-0.4, -0.2) is 50.5 Å². The van der Waals surface area contributed by atoms with Gasteiger partial charge in [0.1, 0.15) is 12.6 Å². The number of hydrogen-bond donors (Lipinski definition) is 1. The van der Waals surface area contributed by atoms with Gasteiger partial charge < -0.3 is 10.2 Å². The Bertz CT molecular complexity index is 1030. The summed E-state index contributed by atoms with van der Waals surface area (Å²) in [4.78, 5) is 27.1. The average Bonchev–Trinajstić information content (AvgIpc) is 2.71. The molecule has 2 amide bonds. The van der Waals surface area contributed by atoms with Gasteiger partial charge in [0.15, 0.2) is 0 Å². The Kier molecular flexibility index (Phi) is 8.90. The molecule has 2 rings (SSSR count). The maximum atomic E-state index is 13.3. The fourth-order valence-electron chi connectivity index (χ4n) is 2.94. The van der Waals surface area contributed by atoms with Crippen molar-refractivity contribution in [3.8, 4) is 0 Å². The number of carbonyl (C=O) groups excluding carboxylic acids is 2. The van der Waals surface area contributed by atoms with E-state index in [1.807, 2.05) is 0 Å². The Morgan fingerprint density at radius 3 is 2.29 bits per heavy atom. The van der Waals surface area contributed by atoms with Gasteiger partial charge >= 0.3 is 0 Å². The zero-order valence-corrected chi connectivity index (χ0v) is 20.7. The smallest absolute Gasteiger partial charge is 0.244 e. The molecular formula is C21H25BrClN3O4S. The Balaban J connectivity index is 2.38. The monoisotopic (exact) mass is 529 g/mol. The molecule has 0 aliphatic carbocycles. The van der Waals surface area contributed by atoms with Gasteiger partial charge in [-0.15, -0.1) is 0 Å². The van der Waals surface area contributed by atoms with Crippen molar-refractivity contribution in [1.29, 1.82) is 0 Å². The number of carbonyl (C=O) groups is 2. The van der Waals surface area contributed by atoms with E-state index in [4.69, 9.17) is 11.6 Å². The van der Waals surface area contributed by atoms with Crippen molar-refractivity contribution in [2.45, 2.75) is 26.4 Å². The third kappa shape index (κ3) is 6.95. The highest BCUT2D eigenvalue weighted by atomic mass is 79.9. The highest BCUT2D eigenvalue weighted by Gasteiger charge is 2.30. The van der Waals surface area contributed by atoms with E-state index in [0.29, 0.717) is 22.8 Å². The van der Waals surface area contributed by atoms with Gasteiger partial charge in [-0.2, -0.15) is 0 Å². The summed E-state index contributed by atoms with van der Waals surface area (Å²) in [5, 5.41) is 3.15. The number of halogens is 2. The summed E-state index contributed by atoms with van der Waals surface area (Å²) >= 11 is 9.57. The first-order valence-corrected chi connectivity index (χ1v) is 12.6. The van der Waals surface area contributed by atoms with Crippen molar-refractivity contribution in [1.82, 2.24) is 10.2 Å². The van der Waals surface area contributed by atoms with Crippen LogP contribution in [0.1, 0.15) is 19.4 Å². The van der Waals surface area contributed by atoms with E-state index >= 15 is 0 Å². The van der Waals surface area contributed by atoms with Crippen LogP contribution < -0.4 is 9.62 Å². The molecule has 10 heteroatoms. The SMILES string of the molecule is CCNC(=O)[C@@H](C)N(Cc1ccccc1Cl)C(=O)CN(c1ccc(Br)cc1)S(C)(=O)=O. The first-order chi connectivity index (χ1) is 14.5. The van der Waals surface area contributed by atoms with Crippen molar-refractivity contribution in [3.63, 3.8) is 0 Å². The van der Waals surface area contributed by atoms with Crippen LogP contribution in [0.2, 0.25) is 5.02 Å². The summed E-state index contributed by atoms with van der Waals surface area (Å²) in [7, 11) is -3.75. The van der Waals surface area contributed by atoms with E-state index in [1.54, 1.807) is 62.4 Å². The van der Waals surface area contributed by atoms with Gasteiger partial charge in [0, 0.05) is 22.6 Å². The first-order valence-electron chi connectivity index (χ1n) is 9.58. The lowest BCUT2D eigenvalue weighted by atomic mass is 10.1. The standard InChI is InChI=1S/C21H25BrClN3O4S/c1-4-24-21(28)15(2)25(13-16-7-5-6-8-19(16)23)20(27)14-26(31(3,29)30)18-11-9-17(22)10-12-18/h5-12,15H,4,13-14H2,1-3H3,(H,24,28)/t15-/m1/s1. The van der Waals surface area contributed by atoms with Crippen LogP contribution in [0.4, 0.5) is 5.69 Å². The maximum absolute atomic E-state index is 13.3. The van der Waals surface area contributed by atoms with E-state index in [1.165, 1.54) is 4.90 Å². The molecular weight excluding hydrogens is 506 g/mol. The zero-order chi connectivity index (χ0) is 23.2. The van der Waals surface area contributed by atoms with Gasteiger partial charge in [-0.25, -0.2) is 8.42 Å². The molecule has 2 aromatic rings. The molecule has 0 saturated heterocycles. The first kappa shape index (κ1) is 25.2. The minimum Gasteiger partial charge on any atom is -0.355 e. The van der Waals surface area contributed by atoms with Gasteiger partial charge in [-0.3, -0.25) is 13.9 Å². The molecule has 0 bridgehead atoms. The number of sulfonamides is 1. The molecule has 0 fully saturated rings. The second-order valence-electron chi connectivity index (χ2n) is 6.93. The van der Waals surface area contributed by atoms with Gasteiger partial charge in [0.25, 0.3) is 0 Å². The molecule has 0 spiro atoms. The van der Waals surface area contributed by atoms with Crippen LogP contribution in [0.25, 0.3) is 0 Å². The van der Waals surface area contributed by atoms with Crippen LogP contribution >= 0.6 is 27.5 Å². The fourth-order valence-corrected chi connectivity index (χ4v) is 4.25. The van der Waals surface area contributed by atoms with Gasteiger partial charge in [0.2, 0.25) is 21.8 Å². The van der Waals surface area contributed by atoms with Crippen LogP contribution in [0.5, 0.6) is 0 Å². The summed E-state index contributed by atoms with van der Waals surface area (Å²) in [6.45, 7) is 3.41. The molecule has 168 valence electrons. The van der Waals surface area contributed by atoms with Crippen molar-refractivity contribution in [2.24, 2.45) is 0 Å². The molecule has 0 heterocycles. The van der Waals surface area contributed by atoms with Crippen LogP contribution in [0, 0.1) is 0 Å². The van der Waals surface area contributed by atoms with Crippen LogP contribution in [0.3, 0.4) is 0 Å². The minimum absolute atomic E-state index is 0.0642. The molecule has 0 radical (unpaired) electrons. The van der Waals surface area contributed by atoms with Crippen molar-refractivity contribution in [3.05, 3.63) is 63.6 Å². The number of rotatable bonds is 9. The van der Waals surface area contributed by atoms with E-state index < -0.39 is 28.5 Å². The molecule has 31 heavy (non-hydrogen) atoms. The fraction of sp³-hybridized carbons (Fsp3) is 0.333. The van der Waals surface area contributed by atoms with Gasteiger partial charge in [-0.1, -0.05) is 45.7 Å². The second kappa shape index (κ2) is 11.0. The minimum atomic E-state index is -3.75. The predicted octanol–water partition coefficient (Wildman–Crippen LogP) is 3.42. The van der Waals surface area contributed by atoms with Crippen molar-refractivity contribution in [2.75, 3.05) is 23.7 Å².